The van der Waals surface area contributed by atoms with Crippen LogP contribution in [0.15, 0.2) is 48.7 Å². The summed E-state index contributed by atoms with van der Waals surface area (Å²) in [6, 6.07) is 8.93. The van der Waals surface area contributed by atoms with E-state index in [0.29, 0.717) is 36.2 Å². The van der Waals surface area contributed by atoms with Gasteiger partial charge in [-0.05, 0) is 56.7 Å². The van der Waals surface area contributed by atoms with E-state index in [9.17, 15) is 22.8 Å². The van der Waals surface area contributed by atoms with E-state index in [4.69, 9.17) is 0 Å². The second-order valence-electron chi connectivity index (χ2n) is 8.22. The highest BCUT2D eigenvalue weighted by Gasteiger charge is 2.33. The molecule has 1 aliphatic heterocycles. The number of carbonyl (C=O) groups is 2. The predicted octanol–water partition coefficient (Wildman–Crippen LogP) is 5.45. The minimum absolute atomic E-state index is 0.124. The number of aryl methyl sites for hydroxylation is 1. The molecule has 0 unspecified atom stereocenters. The Hall–Kier alpha value is -4.15. The average molecular weight is 499 g/mol. The number of hydrogen-bond acceptors (Lipinski definition) is 5. The molecule has 2 N–H and O–H groups in total. The van der Waals surface area contributed by atoms with Crippen molar-refractivity contribution in [2.24, 2.45) is 0 Å². The predicted molar refractivity (Wildman–Crippen MR) is 131 cm³/mol. The molecule has 0 saturated heterocycles. The van der Waals surface area contributed by atoms with Crippen molar-refractivity contribution < 1.29 is 22.8 Å². The molecule has 36 heavy (non-hydrogen) atoms. The van der Waals surface area contributed by atoms with Crippen molar-refractivity contribution >= 4 is 35.1 Å². The summed E-state index contributed by atoms with van der Waals surface area (Å²) in [7, 11) is 0. The number of rotatable bonds is 6. The van der Waals surface area contributed by atoms with Crippen LogP contribution in [0.3, 0.4) is 0 Å². The molecule has 11 heteroatoms. The fraction of sp³-hybridized carbons (Fsp3) is 0.280. The van der Waals surface area contributed by atoms with Crippen molar-refractivity contribution in [1.29, 1.82) is 0 Å². The molecule has 0 radical (unpaired) electrons. The highest BCUT2D eigenvalue weighted by atomic mass is 19.4. The first-order valence-corrected chi connectivity index (χ1v) is 11.4. The lowest BCUT2D eigenvalue weighted by Crippen LogP contribution is -2.48. The van der Waals surface area contributed by atoms with Gasteiger partial charge in [-0.15, -0.1) is 0 Å². The Balaban J connectivity index is 1.62. The van der Waals surface area contributed by atoms with Crippen LogP contribution in [0, 0.1) is 6.92 Å². The zero-order valence-corrected chi connectivity index (χ0v) is 20.0. The molecule has 3 aromatic rings. The molecule has 3 amide bonds. The van der Waals surface area contributed by atoms with Crippen LogP contribution in [0.4, 0.5) is 41.1 Å². The van der Waals surface area contributed by atoms with Gasteiger partial charge in [-0.1, -0.05) is 12.1 Å². The fourth-order valence-corrected chi connectivity index (χ4v) is 3.95. The van der Waals surface area contributed by atoms with E-state index in [1.807, 2.05) is 20.8 Å². The Morgan fingerprint density at radius 1 is 1.14 bits per heavy atom. The Kier molecular flexibility index (Phi) is 6.82. The van der Waals surface area contributed by atoms with Gasteiger partial charge < -0.3 is 10.6 Å². The smallest absolute Gasteiger partial charge is 0.354 e. The molecule has 2 heterocycles. The summed E-state index contributed by atoms with van der Waals surface area (Å²) in [5.41, 5.74) is 1.42. The molecular weight excluding hydrogens is 473 g/mol. The lowest BCUT2D eigenvalue weighted by molar-refractivity contribution is -0.137. The summed E-state index contributed by atoms with van der Waals surface area (Å²) in [6.07, 6.45) is -2.88. The van der Waals surface area contributed by atoms with Crippen molar-refractivity contribution in [3.05, 3.63) is 70.9 Å². The Bertz CT molecular complexity index is 1310. The molecule has 0 bridgehead atoms. The maximum absolute atomic E-state index is 13.4. The summed E-state index contributed by atoms with van der Waals surface area (Å²) < 4.78 is 39.1. The largest absolute Gasteiger partial charge is 0.416 e. The minimum atomic E-state index is -4.56. The van der Waals surface area contributed by atoms with Crippen molar-refractivity contribution in [3.8, 4) is 0 Å². The van der Waals surface area contributed by atoms with Crippen molar-refractivity contribution in [3.63, 3.8) is 0 Å². The highest BCUT2D eigenvalue weighted by molar-refractivity contribution is 6.07. The van der Waals surface area contributed by atoms with Crippen LogP contribution < -0.4 is 20.4 Å². The Labute approximate surface area is 206 Å². The van der Waals surface area contributed by atoms with Gasteiger partial charge in [0, 0.05) is 36.1 Å². The minimum Gasteiger partial charge on any atom is -0.354 e. The number of fused-ring (bicyclic) bond motifs is 1. The zero-order chi connectivity index (χ0) is 26.0. The van der Waals surface area contributed by atoms with E-state index in [2.05, 4.69) is 20.6 Å². The van der Waals surface area contributed by atoms with Crippen LogP contribution in [-0.2, 0) is 12.7 Å². The van der Waals surface area contributed by atoms with E-state index in [-0.39, 0.29) is 18.1 Å². The molecule has 8 nitrogen and oxygen atoms in total. The highest BCUT2D eigenvalue weighted by Crippen LogP contribution is 2.34. The maximum atomic E-state index is 13.4. The van der Waals surface area contributed by atoms with E-state index < -0.39 is 17.6 Å². The van der Waals surface area contributed by atoms with Gasteiger partial charge in [0.2, 0.25) is 5.95 Å². The Morgan fingerprint density at radius 3 is 2.61 bits per heavy atom. The molecule has 1 aliphatic rings. The van der Waals surface area contributed by atoms with Gasteiger partial charge >= 0.3 is 12.2 Å². The first-order chi connectivity index (χ1) is 17.1. The number of hydrogen-bond donors (Lipinski definition) is 2. The van der Waals surface area contributed by atoms with Gasteiger partial charge in [-0.3, -0.25) is 14.6 Å². The number of anilines is 4. The average Bonchev–Trinajstić information content (AvgIpc) is 2.85. The number of nitrogens with zero attached hydrogens (tertiary/aromatic N) is 4. The molecule has 0 spiro atoms. The van der Waals surface area contributed by atoms with Gasteiger partial charge in [0.1, 0.15) is 5.82 Å². The second kappa shape index (κ2) is 9.84. The van der Waals surface area contributed by atoms with E-state index >= 15 is 0 Å². The lowest BCUT2D eigenvalue weighted by atomic mass is 10.1. The monoisotopic (exact) mass is 498 g/mol. The topological polar surface area (TPSA) is 90.5 Å². The fourth-order valence-electron chi connectivity index (χ4n) is 3.95. The number of carbonyl (C=O) groups excluding carboxylic acids is 2. The van der Waals surface area contributed by atoms with Gasteiger partial charge in [-0.25, -0.2) is 9.78 Å². The quantitative estimate of drug-likeness (QED) is 0.471. The molecular formula is C25H25F3N6O2. The molecule has 0 fully saturated rings. The van der Waals surface area contributed by atoms with Crippen molar-refractivity contribution in [2.75, 3.05) is 33.5 Å². The number of amides is 3. The molecule has 1 aromatic heterocycles. The third-order valence-corrected chi connectivity index (χ3v) is 5.75. The number of halogens is 3. The number of nitrogens with one attached hydrogen (secondary N) is 2. The molecule has 0 atom stereocenters. The molecule has 0 saturated carbocycles. The van der Waals surface area contributed by atoms with Gasteiger partial charge in [0.05, 0.1) is 17.8 Å². The molecule has 2 aromatic carbocycles. The van der Waals surface area contributed by atoms with Gasteiger partial charge in [0.15, 0.2) is 0 Å². The van der Waals surface area contributed by atoms with Crippen molar-refractivity contribution in [1.82, 2.24) is 9.97 Å². The number of alkyl halides is 3. The SMILES string of the molecule is CCNc1ncc2c(n1)N(CC)C(=O)N(c1cc(NC(=O)c3cccc(C(F)(F)F)c3)ccc1C)C2. The summed E-state index contributed by atoms with van der Waals surface area (Å²) in [6.45, 7) is 6.85. The van der Waals surface area contributed by atoms with Crippen LogP contribution in [0.2, 0.25) is 0 Å². The molecule has 4 rings (SSSR count). The number of aromatic nitrogens is 2. The van der Waals surface area contributed by atoms with Gasteiger partial charge in [-0.2, -0.15) is 18.2 Å². The number of urea groups is 1. The standard InChI is InChI=1S/C25H25F3N6O2/c1-4-29-23-30-13-17-14-34(24(36)33(5-2)21(17)32-23)20-12-19(10-9-15(20)3)31-22(35)16-7-6-8-18(11-16)25(26,27)28/h6-13H,4-5,14H2,1-3H3,(H,31,35)(H,29,30,32). The molecule has 188 valence electrons. The van der Waals surface area contributed by atoms with Crippen LogP contribution in [0.5, 0.6) is 0 Å². The normalized spacial score (nSPS) is 13.4. The summed E-state index contributed by atoms with van der Waals surface area (Å²) in [5, 5.41) is 5.68. The second-order valence-corrected chi connectivity index (χ2v) is 8.22. The van der Waals surface area contributed by atoms with Crippen molar-refractivity contribution in [2.45, 2.75) is 33.5 Å². The zero-order valence-electron chi connectivity index (χ0n) is 20.0. The number of benzene rings is 2. The third kappa shape index (κ3) is 4.95. The van der Waals surface area contributed by atoms with Gasteiger partial charge in [0.25, 0.3) is 5.91 Å². The van der Waals surface area contributed by atoms with E-state index in [1.54, 1.807) is 34.2 Å². The lowest BCUT2D eigenvalue weighted by Gasteiger charge is -2.36. The summed E-state index contributed by atoms with van der Waals surface area (Å²) in [4.78, 5) is 38.0. The van der Waals surface area contributed by atoms with Crippen LogP contribution >= 0.6 is 0 Å². The molecule has 0 aliphatic carbocycles. The van der Waals surface area contributed by atoms with Crippen LogP contribution in [-0.4, -0.2) is 35.0 Å². The first kappa shape index (κ1) is 25.0. The van der Waals surface area contributed by atoms with Crippen LogP contribution in [0.1, 0.15) is 40.9 Å². The maximum Gasteiger partial charge on any atom is 0.416 e. The third-order valence-electron chi connectivity index (χ3n) is 5.75. The first-order valence-electron chi connectivity index (χ1n) is 11.4. The summed E-state index contributed by atoms with van der Waals surface area (Å²) in [5.74, 6) is 0.286. The Morgan fingerprint density at radius 2 is 1.92 bits per heavy atom. The van der Waals surface area contributed by atoms with E-state index in [0.717, 1.165) is 23.3 Å². The summed E-state index contributed by atoms with van der Waals surface area (Å²) >= 11 is 0. The van der Waals surface area contributed by atoms with Crippen LogP contribution in [0.25, 0.3) is 0 Å². The van der Waals surface area contributed by atoms with E-state index in [1.165, 1.54) is 12.1 Å².